The van der Waals surface area contributed by atoms with Gasteiger partial charge in [0.1, 0.15) is 0 Å². The molecule has 2 heterocycles. The van der Waals surface area contributed by atoms with Gasteiger partial charge in [0.25, 0.3) is 11.8 Å². The number of nitrogens with one attached hydrogen (secondary N) is 4. The van der Waals surface area contributed by atoms with E-state index in [0.717, 1.165) is 11.1 Å². The summed E-state index contributed by atoms with van der Waals surface area (Å²) in [5, 5.41) is 10.7. The van der Waals surface area contributed by atoms with Crippen molar-refractivity contribution in [2.75, 3.05) is 28.2 Å². The molecule has 0 saturated heterocycles. The van der Waals surface area contributed by atoms with Crippen molar-refractivity contribution < 1.29 is 19.2 Å². The van der Waals surface area contributed by atoms with Gasteiger partial charge in [0.15, 0.2) is 0 Å². The molecule has 4 amide bonds. The van der Waals surface area contributed by atoms with Gasteiger partial charge >= 0.3 is 0 Å². The second kappa shape index (κ2) is 13.5. The van der Waals surface area contributed by atoms with E-state index in [9.17, 15) is 19.2 Å². The minimum absolute atomic E-state index is 0.306. The lowest BCUT2D eigenvalue weighted by Gasteiger charge is -2.46. The van der Waals surface area contributed by atoms with Gasteiger partial charge in [-0.3, -0.25) is 19.2 Å². The summed E-state index contributed by atoms with van der Waals surface area (Å²) in [7, 11) is 6.12. The van der Waals surface area contributed by atoms with Gasteiger partial charge in [-0.25, -0.2) is 0 Å². The predicted octanol–water partition coefficient (Wildman–Crippen LogP) is 1.36. The lowest BCUT2D eigenvalue weighted by atomic mass is 9.83. The van der Waals surface area contributed by atoms with Crippen molar-refractivity contribution in [1.82, 2.24) is 31.1 Å². The summed E-state index contributed by atoms with van der Waals surface area (Å²) < 4.78 is 0. The summed E-state index contributed by atoms with van der Waals surface area (Å²) in [4.78, 5) is 56.6. The molecule has 2 aromatic rings. The Hall–Kier alpha value is -5.12. The summed E-state index contributed by atoms with van der Waals surface area (Å²) in [6, 6.07) is 17.9. The highest BCUT2D eigenvalue weighted by molar-refractivity contribution is 6.04. The van der Waals surface area contributed by atoms with E-state index in [-0.39, 0.29) is 23.6 Å². The van der Waals surface area contributed by atoms with E-state index in [1.165, 1.54) is 28.2 Å². The molecule has 0 aromatic heterocycles. The van der Waals surface area contributed by atoms with Gasteiger partial charge in [-0.05, 0) is 23.3 Å². The number of nitrogens with zero attached hydrogens (tertiary/aromatic N) is 2. The van der Waals surface area contributed by atoms with E-state index in [2.05, 4.69) is 21.3 Å². The highest BCUT2D eigenvalue weighted by atomic mass is 16.2. The largest absolute Gasteiger partial charge is 0.363 e. The number of hydrogen-bond donors (Lipinski definition) is 4. The van der Waals surface area contributed by atoms with Crippen LogP contribution in [0.15, 0.2) is 108 Å². The zero-order chi connectivity index (χ0) is 30.2. The summed E-state index contributed by atoms with van der Waals surface area (Å²) in [6.07, 6.45) is 6.60. The van der Waals surface area contributed by atoms with E-state index < -0.39 is 12.1 Å². The van der Waals surface area contributed by atoms with Crippen LogP contribution in [0.5, 0.6) is 0 Å². The van der Waals surface area contributed by atoms with E-state index >= 15 is 0 Å². The van der Waals surface area contributed by atoms with E-state index in [1.807, 2.05) is 70.5 Å². The normalized spacial score (nSPS) is 18.1. The Balaban J connectivity index is 1.95. The first-order chi connectivity index (χ1) is 20.3. The topological polar surface area (TPSA) is 123 Å². The molecule has 0 bridgehead atoms. The molecule has 2 aliphatic heterocycles. The second-order valence-electron chi connectivity index (χ2n) is 9.89. The summed E-state index contributed by atoms with van der Waals surface area (Å²) >= 11 is 0. The molecule has 10 nitrogen and oxygen atoms in total. The van der Waals surface area contributed by atoms with Crippen molar-refractivity contribution in [3.63, 3.8) is 0 Å². The van der Waals surface area contributed by atoms with Gasteiger partial charge in [0.2, 0.25) is 11.8 Å². The minimum atomic E-state index is -0.715. The third kappa shape index (κ3) is 6.43. The van der Waals surface area contributed by atoms with Crippen LogP contribution in [0, 0.1) is 0 Å². The highest BCUT2D eigenvalue weighted by Gasteiger charge is 2.43. The molecule has 2 atom stereocenters. The molecule has 4 rings (SSSR count). The minimum Gasteiger partial charge on any atom is -0.363 e. The molecule has 42 heavy (non-hydrogen) atoms. The van der Waals surface area contributed by atoms with E-state index in [0.29, 0.717) is 35.4 Å². The molecule has 0 aliphatic carbocycles. The number of hydrogen-bond acceptors (Lipinski definition) is 6. The zero-order valence-electron chi connectivity index (χ0n) is 24.2. The lowest BCUT2D eigenvalue weighted by molar-refractivity contribution is -0.120. The molecule has 2 unspecified atom stereocenters. The maximum atomic E-state index is 13.5. The maximum absolute atomic E-state index is 13.5. The highest BCUT2D eigenvalue weighted by Crippen LogP contribution is 2.35. The summed E-state index contributed by atoms with van der Waals surface area (Å²) in [6.45, 7) is 0.701. The van der Waals surface area contributed by atoms with Crippen molar-refractivity contribution in [3.8, 4) is 0 Å². The number of carbonyl (C=O) groups excluding carboxylic acids is 4. The molecule has 0 saturated carbocycles. The number of amides is 4. The Bertz CT molecular complexity index is 1350. The molecule has 2 aliphatic rings. The van der Waals surface area contributed by atoms with Gasteiger partial charge in [-0.2, -0.15) is 0 Å². The lowest BCUT2D eigenvalue weighted by Crippen LogP contribution is -2.56. The molecular weight excluding hydrogens is 532 g/mol. The molecule has 0 radical (unpaired) electrons. The molecule has 2 aromatic carbocycles. The van der Waals surface area contributed by atoms with Crippen molar-refractivity contribution in [1.29, 1.82) is 0 Å². The predicted molar refractivity (Wildman–Crippen MR) is 160 cm³/mol. The Morgan fingerprint density at radius 1 is 0.548 bits per heavy atom. The van der Waals surface area contributed by atoms with Crippen molar-refractivity contribution in [2.45, 2.75) is 25.2 Å². The molecule has 218 valence electrons. The first-order valence-corrected chi connectivity index (χ1v) is 13.7. The quantitative estimate of drug-likeness (QED) is 0.363. The number of rotatable bonds is 9. The fraction of sp³-hybridized carbons (Fsp3) is 0.250. The van der Waals surface area contributed by atoms with Crippen LogP contribution in [0.25, 0.3) is 0 Å². The molecule has 0 fully saturated rings. The first kappa shape index (κ1) is 29.9. The average molecular weight is 569 g/mol. The molecule has 10 heteroatoms. The van der Waals surface area contributed by atoms with Crippen LogP contribution in [0.1, 0.15) is 11.1 Å². The van der Waals surface area contributed by atoms with E-state index in [4.69, 9.17) is 0 Å². The fourth-order valence-corrected chi connectivity index (χ4v) is 5.26. The van der Waals surface area contributed by atoms with Crippen LogP contribution in [-0.2, 0) is 32.3 Å². The number of carbonyl (C=O) groups is 4. The fourth-order valence-electron chi connectivity index (χ4n) is 5.26. The van der Waals surface area contributed by atoms with Crippen molar-refractivity contribution >= 4 is 23.6 Å². The van der Waals surface area contributed by atoms with Crippen LogP contribution < -0.4 is 21.3 Å². The standard InChI is InChI=1S/C32H36N6O4/c1-33-29(39)23-15-25(31(41)35-3)27(37(19-23)17-21-11-7-5-8-12-21)28-26(32(42)36-4)16-24(30(40)34-2)20-38(28)18-22-13-9-6-10-14-22/h5-16,19-20,27-28H,17-18H2,1-4H3,(H,33,39)(H,34,40)(H,35,41)(H,36,42). The van der Waals surface area contributed by atoms with Crippen LogP contribution in [0.2, 0.25) is 0 Å². The third-order valence-corrected chi connectivity index (χ3v) is 7.26. The van der Waals surface area contributed by atoms with Crippen molar-refractivity contribution in [3.05, 3.63) is 119 Å². The number of benzene rings is 2. The zero-order valence-corrected chi connectivity index (χ0v) is 24.2. The third-order valence-electron chi connectivity index (χ3n) is 7.26. The van der Waals surface area contributed by atoms with Crippen LogP contribution in [0.4, 0.5) is 0 Å². The van der Waals surface area contributed by atoms with Crippen LogP contribution in [-0.4, -0.2) is 73.7 Å². The monoisotopic (exact) mass is 568 g/mol. The van der Waals surface area contributed by atoms with Crippen LogP contribution in [0.3, 0.4) is 0 Å². The Labute approximate surface area is 245 Å². The van der Waals surface area contributed by atoms with Gasteiger partial charge < -0.3 is 31.1 Å². The Morgan fingerprint density at radius 2 is 0.881 bits per heavy atom. The average Bonchev–Trinajstić information content (AvgIpc) is 3.03. The molecular formula is C32H36N6O4. The Morgan fingerprint density at radius 3 is 1.19 bits per heavy atom. The number of likely N-dealkylation sites (N-methyl/N-ethyl adjacent to an activating group) is 4. The maximum Gasteiger partial charge on any atom is 0.252 e. The van der Waals surface area contributed by atoms with Crippen molar-refractivity contribution in [2.24, 2.45) is 0 Å². The first-order valence-electron chi connectivity index (χ1n) is 13.7. The van der Waals surface area contributed by atoms with Gasteiger partial charge in [0.05, 0.1) is 23.2 Å². The van der Waals surface area contributed by atoms with Gasteiger partial charge in [-0.15, -0.1) is 0 Å². The smallest absolute Gasteiger partial charge is 0.252 e. The Kier molecular flexibility index (Phi) is 9.59. The van der Waals surface area contributed by atoms with Gasteiger partial charge in [-0.1, -0.05) is 60.7 Å². The molecule has 4 N–H and O–H groups in total. The van der Waals surface area contributed by atoms with Gasteiger partial charge in [0, 0.05) is 64.8 Å². The summed E-state index contributed by atoms with van der Waals surface area (Å²) in [5.74, 6) is -1.46. The summed E-state index contributed by atoms with van der Waals surface area (Å²) in [5.41, 5.74) is 3.13. The van der Waals surface area contributed by atoms with Crippen LogP contribution >= 0.6 is 0 Å². The SMILES string of the molecule is CNC(=O)C1=CN(Cc2ccccc2)C(C2C(C(=O)NC)=CC(C(=O)NC)=CN2Cc2ccccc2)C(C(=O)NC)=C1. The molecule has 0 spiro atoms. The second-order valence-corrected chi connectivity index (χ2v) is 9.89. The van der Waals surface area contributed by atoms with E-state index in [1.54, 1.807) is 24.6 Å².